The molecule has 0 aliphatic heterocycles. The highest BCUT2D eigenvalue weighted by atomic mass is 32.2. The average molecular weight is 465 g/mol. The Bertz CT molecular complexity index is 1040. The maximum Gasteiger partial charge on any atom is 0.338 e. The first-order chi connectivity index (χ1) is 15.1. The number of nitrogens with zero attached hydrogens (tertiary/aromatic N) is 3. The third-order valence-corrected chi connectivity index (χ3v) is 7.35. The lowest BCUT2D eigenvalue weighted by Gasteiger charge is -2.18. The number of nitrogens with one attached hydrogen (secondary N) is 1. The Morgan fingerprint density at radius 1 is 1.09 bits per heavy atom. The van der Waals surface area contributed by atoms with Gasteiger partial charge >= 0.3 is 5.97 Å². The molecule has 0 atom stereocenters. The first-order valence-corrected chi connectivity index (χ1v) is 12.2. The van der Waals surface area contributed by atoms with Crippen LogP contribution in [0.1, 0.15) is 55.4 Å². The van der Waals surface area contributed by atoms with E-state index in [9.17, 15) is 18.0 Å². The molecule has 1 heterocycles. The van der Waals surface area contributed by atoms with Crippen LogP contribution in [-0.4, -0.2) is 54.1 Å². The van der Waals surface area contributed by atoms with Crippen LogP contribution in [0.15, 0.2) is 29.2 Å². The molecule has 0 bridgehead atoms. The fourth-order valence-corrected chi connectivity index (χ4v) is 5.15. The van der Waals surface area contributed by atoms with Gasteiger partial charge in [0.1, 0.15) is 11.4 Å². The molecule has 0 saturated carbocycles. The number of carbonyl (C=O) groups is 2. The summed E-state index contributed by atoms with van der Waals surface area (Å²) in [5.74, 6) is -0.762. The largest absolute Gasteiger partial charge is 0.462 e. The monoisotopic (exact) mass is 464 g/mol. The van der Waals surface area contributed by atoms with Crippen molar-refractivity contribution < 1.29 is 22.7 Å². The number of ether oxygens (including phenoxy) is 1. The molecule has 0 saturated heterocycles. The van der Waals surface area contributed by atoms with E-state index in [1.165, 1.54) is 8.99 Å². The van der Waals surface area contributed by atoms with Crippen molar-refractivity contribution >= 4 is 27.6 Å². The maximum absolute atomic E-state index is 12.9. The fraction of sp³-hybridized carbons (Fsp3) is 0.500. The van der Waals surface area contributed by atoms with E-state index in [0.717, 1.165) is 12.8 Å². The van der Waals surface area contributed by atoms with Crippen LogP contribution in [0.5, 0.6) is 0 Å². The van der Waals surface area contributed by atoms with E-state index < -0.39 is 16.0 Å². The number of hydrogen-bond acceptors (Lipinski definition) is 6. The number of sulfonamides is 1. The first kappa shape index (κ1) is 25.5. The first-order valence-electron chi connectivity index (χ1n) is 10.8. The van der Waals surface area contributed by atoms with E-state index in [1.54, 1.807) is 52.0 Å². The Morgan fingerprint density at radius 3 is 2.28 bits per heavy atom. The van der Waals surface area contributed by atoms with Gasteiger partial charge in [0.15, 0.2) is 0 Å². The van der Waals surface area contributed by atoms with E-state index in [4.69, 9.17) is 4.74 Å². The second kappa shape index (κ2) is 11.2. The van der Waals surface area contributed by atoms with Gasteiger partial charge in [0, 0.05) is 18.8 Å². The number of aryl methyl sites for hydroxylation is 1. The lowest BCUT2D eigenvalue weighted by molar-refractivity contribution is -0.116. The number of amides is 1. The number of esters is 1. The fourth-order valence-electron chi connectivity index (χ4n) is 3.32. The summed E-state index contributed by atoms with van der Waals surface area (Å²) in [5, 5.41) is 7.01. The number of hydrogen-bond donors (Lipinski definition) is 1. The van der Waals surface area contributed by atoms with Gasteiger partial charge in [-0.2, -0.15) is 9.40 Å². The Morgan fingerprint density at radius 2 is 1.72 bits per heavy atom. The van der Waals surface area contributed by atoms with Crippen molar-refractivity contribution in [3.05, 3.63) is 41.2 Å². The molecule has 0 unspecified atom stereocenters. The third-order valence-electron chi connectivity index (χ3n) is 5.05. The molecule has 2 rings (SSSR count). The van der Waals surface area contributed by atoms with Gasteiger partial charge in [-0.3, -0.25) is 9.48 Å². The number of anilines is 1. The summed E-state index contributed by atoms with van der Waals surface area (Å²) in [7, 11) is -3.68. The SMILES string of the molecule is CCCCOC(=O)c1ccc(NC(=O)Cn2nc(C)c(S(=O)(=O)N(CC)CC)c2C)cc1. The predicted octanol–water partition coefficient (Wildman–Crippen LogP) is 3.13. The van der Waals surface area contributed by atoms with Crippen LogP contribution in [0.3, 0.4) is 0 Å². The number of aromatic nitrogens is 2. The van der Waals surface area contributed by atoms with Crippen molar-refractivity contribution in [3.63, 3.8) is 0 Å². The van der Waals surface area contributed by atoms with E-state index >= 15 is 0 Å². The standard InChI is InChI=1S/C22H32N4O5S/c1-6-9-14-31-22(28)18-10-12-19(13-11-18)23-20(27)15-26-17(5)21(16(4)24-26)32(29,30)25(7-2)8-3/h10-13H,6-9,14-15H2,1-5H3,(H,23,27). The summed E-state index contributed by atoms with van der Waals surface area (Å²) >= 11 is 0. The summed E-state index contributed by atoms with van der Waals surface area (Å²) < 4.78 is 33.8. The third kappa shape index (κ3) is 5.95. The van der Waals surface area contributed by atoms with E-state index in [1.807, 2.05) is 6.92 Å². The molecule has 0 aliphatic rings. The molecule has 1 aromatic heterocycles. The van der Waals surface area contributed by atoms with Crippen molar-refractivity contribution in [2.75, 3.05) is 25.0 Å². The molecular weight excluding hydrogens is 432 g/mol. The molecule has 1 N–H and O–H groups in total. The molecular formula is C22H32N4O5S. The molecule has 2 aromatic rings. The molecule has 0 radical (unpaired) electrons. The Balaban J connectivity index is 2.09. The van der Waals surface area contributed by atoms with Gasteiger partial charge in [0.2, 0.25) is 15.9 Å². The van der Waals surface area contributed by atoms with Gasteiger partial charge in [-0.1, -0.05) is 27.2 Å². The highest BCUT2D eigenvalue weighted by Crippen LogP contribution is 2.23. The zero-order valence-corrected chi connectivity index (χ0v) is 20.2. The van der Waals surface area contributed by atoms with Crippen LogP contribution in [0.25, 0.3) is 0 Å². The normalized spacial score (nSPS) is 11.6. The number of unbranched alkanes of at least 4 members (excludes halogenated alkanes) is 1. The van der Waals surface area contributed by atoms with Gasteiger partial charge < -0.3 is 10.1 Å². The van der Waals surface area contributed by atoms with Gasteiger partial charge in [0.05, 0.1) is 23.6 Å². The molecule has 9 nitrogen and oxygen atoms in total. The smallest absolute Gasteiger partial charge is 0.338 e. The molecule has 0 spiro atoms. The quantitative estimate of drug-likeness (QED) is 0.404. The van der Waals surface area contributed by atoms with Crippen molar-refractivity contribution in [1.29, 1.82) is 0 Å². The Hall–Kier alpha value is -2.72. The van der Waals surface area contributed by atoms with Gasteiger partial charge in [-0.15, -0.1) is 0 Å². The van der Waals surface area contributed by atoms with E-state index in [2.05, 4.69) is 10.4 Å². The highest BCUT2D eigenvalue weighted by Gasteiger charge is 2.29. The van der Waals surface area contributed by atoms with Gasteiger partial charge in [0.25, 0.3) is 0 Å². The summed E-state index contributed by atoms with van der Waals surface area (Å²) in [6.07, 6.45) is 1.75. The average Bonchev–Trinajstić information content (AvgIpc) is 3.02. The van der Waals surface area contributed by atoms with Crippen LogP contribution in [0.2, 0.25) is 0 Å². The van der Waals surface area contributed by atoms with Crippen LogP contribution >= 0.6 is 0 Å². The Kier molecular flexibility index (Phi) is 8.97. The zero-order valence-electron chi connectivity index (χ0n) is 19.3. The lowest BCUT2D eigenvalue weighted by atomic mass is 10.2. The van der Waals surface area contributed by atoms with Crippen molar-refractivity contribution in [2.24, 2.45) is 0 Å². The predicted molar refractivity (Wildman–Crippen MR) is 122 cm³/mol. The van der Waals surface area contributed by atoms with Gasteiger partial charge in [-0.25, -0.2) is 13.2 Å². The second-order valence-electron chi connectivity index (χ2n) is 7.36. The van der Waals surface area contributed by atoms with Crippen molar-refractivity contribution in [3.8, 4) is 0 Å². The molecule has 0 fully saturated rings. The molecule has 176 valence electrons. The second-order valence-corrected chi connectivity index (χ2v) is 9.24. The number of benzene rings is 1. The van der Waals surface area contributed by atoms with E-state index in [0.29, 0.717) is 42.3 Å². The topological polar surface area (TPSA) is 111 Å². The van der Waals surface area contributed by atoms with Gasteiger partial charge in [-0.05, 0) is 44.5 Å². The van der Waals surface area contributed by atoms with Crippen LogP contribution in [0, 0.1) is 13.8 Å². The van der Waals surface area contributed by atoms with Crippen molar-refractivity contribution in [1.82, 2.24) is 14.1 Å². The lowest BCUT2D eigenvalue weighted by Crippen LogP contribution is -2.31. The summed E-state index contributed by atoms with van der Waals surface area (Å²) in [6, 6.07) is 6.40. The van der Waals surface area contributed by atoms with Crippen LogP contribution < -0.4 is 5.32 Å². The zero-order chi connectivity index (χ0) is 23.9. The summed E-state index contributed by atoms with van der Waals surface area (Å²) in [6.45, 7) is 9.78. The highest BCUT2D eigenvalue weighted by molar-refractivity contribution is 7.89. The number of carbonyl (C=O) groups excluding carboxylic acids is 2. The van der Waals surface area contributed by atoms with Crippen molar-refractivity contribution in [2.45, 2.75) is 58.9 Å². The summed E-state index contributed by atoms with van der Waals surface area (Å²) in [4.78, 5) is 24.6. The molecule has 32 heavy (non-hydrogen) atoms. The minimum Gasteiger partial charge on any atom is -0.462 e. The molecule has 10 heteroatoms. The summed E-state index contributed by atoms with van der Waals surface area (Å²) in [5.41, 5.74) is 1.68. The molecule has 0 aliphatic carbocycles. The molecule has 1 aromatic carbocycles. The maximum atomic E-state index is 12.9. The van der Waals surface area contributed by atoms with Crippen LogP contribution in [0.4, 0.5) is 5.69 Å². The Labute approximate surface area is 189 Å². The minimum atomic E-state index is -3.68. The van der Waals surface area contributed by atoms with E-state index in [-0.39, 0.29) is 17.3 Å². The number of rotatable bonds is 11. The minimum absolute atomic E-state index is 0.138. The van der Waals surface area contributed by atoms with Crippen LogP contribution in [-0.2, 0) is 26.1 Å². The molecule has 1 amide bonds.